The second kappa shape index (κ2) is 9.23. The van der Waals surface area contributed by atoms with Gasteiger partial charge in [0.25, 0.3) is 5.91 Å². The van der Waals surface area contributed by atoms with E-state index in [1.54, 1.807) is 23.4 Å². The lowest BCUT2D eigenvalue weighted by atomic mass is 10.1. The molecule has 0 aliphatic carbocycles. The van der Waals surface area contributed by atoms with Gasteiger partial charge >= 0.3 is 0 Å². The number of aryl methyl sites for hydroxylation is 1. The second-order valence-corrected chi connectivity index (χ2v) is 6.54. The fourth-order valence-electron chi connectivity index (χ4n) is 3.15. The third-order valence-corrected chi connectivity index (χ3v) is 4.55. The lowest BCUT2D eigenvalue weighted by Crippen LogP contribution is -2.59. The van der Waals surface area contributed by atoms with Crippen molar-refractivity contribution in [2.75, 3.05) is 19.6 Å². The molecule has 3 heterocycles. The smallest absolute Gasteiger partial charge is 0.254 e. The Morgan fingerprint density at radius 2 is 2.07 bits per heavy atom. The van der Waals surface area contributed by atoms with E-state index in [0.29, 0.717) is 31.7 Å². The molecule has 1 saturated heterocycles. The van der Waals surface area contributed by atoms with Crippen molar-refractivity contribution in [1.29, 1.82) is 0 Å². The summed E-state index contributed by atoms with van der Waals surface area (Å²) in [6.45, 7) is 4.02. The van der Waals surface area contributed by atoms with Crippen molar-refractivity contribution in [3.8, 4) is 0 Å². The van der Waals surface area contributed by atoms with Crippen molar-refractivity contribution in [3.63, 3.8) is 0 Å². The normalized spacial score (nSPS) is 16.8. The minimum Gasteiger partial charge on any atom is -0.349 e. The summed E-state index contributed by atoms with van der Waals surface area (Å²) < 4.78 is 0. The molecule has 2 amide bonds. The Kier molecular flexibility index (Phi) is 6.49. The van der Waals surface area contributed by atoms with Gasteiger partial charge in [-0.1, -0.05) is 19.4 Å². The van der Waals surface area contributed by atoms with E-state index in [1.807, 2.05) is 24.3 Å². The molecule has 1 fully saturated rings. The van der Waals surface area contributed by atoms with E-state index < -0.39 is 6.04 Å². The Bertz CT molecular complexity index is 781. The number of rotatable bonds is 6. The molecule has 0 radical (unpaired) electrons. The number of nitrogens with one attached hydrogen (secondary N) is 2. The topological polar surface area (TPSA) is 87.2 Å². The Morgan fingerprint density at radius 1 is 1.22 bits per heavy atom. The summed E-state index contributed by atoms with van der Waals surface area (Å²) in [7, 11) is 0. The minimum atomic E-state index is -0.544. The zero-order valence-electron chi connectivity index (χ0n) is 15.5. The zero-order chi connectivity index (χ0) is 19.1. The molecule has 2 N–H and O–H groups in total. The summed E-state index contributed by atoms with van der Waals surface area (Å²) in [6, 6.07) is 8.57. The molecule has 2 aromatic rings. The largest absolute Gasteiger partial charge is 0.349 e. The lowest BCUT2D eigenvalue weighted by Gasteiger charge is -2.35. The summed E-state index contributed by atoms with van der Waals surface area (Å²) in [5, 5.41) is 6.09. The standard InChI is InChI=1S/C20H25N5O2/c1-2-5-16-12-15(7-9-23-16)20(27)25-11-10-21-14-18(25)19(26)24-13-17-6-3-4-8-22-17/h3-4,6-9,12,18,21H,2,5,10-11,13-14H2,1H3,(H,24,26). The average Bonchev–Trinajstić information content (AvgIpc) is 2.73. The fourth-order valence-corrected chi connectivity index (χ4v) is 3.15. The number of nitrogens with zero attached hydrogens (tertiary/aromatic N) is 3. The number of aromatic nitrogens is 2. The number of carbonyl (C=O) groups is 2. The molecule has 3 rings (SSSR count). The van der Waals surface area contributed by atoms with Gasteiger partial charge in [-0.15, -0.1) is 0 Å². The minimum absolute atomic E-state index is 0.130. The van der Waals surface area contributed by atoms with Gasteiger partial charge in [-0.25, -0.2) is 0 Å². The number of carbonyl (C=O) groups excluding carboxylic acids is 2. The molecule has 1 atom stereocenters. The van der Waals surface area contributed by atoms with Crippen LogP contribution in [0.4, 0.5) is 0 Å². The molecular weight excluding hydrogens is 342 g/mol. The molecule has 27 heavy (non-hydrogen) atoms. The van der Waals surface area contributed by atoms with E-state index in [4.69, 9.17) is 0 Å². The van der Waals surface area contributed by atoms with E-state index in [0.717, 1.165) is 24.2 Å². The molecule has 2 aromatic heterocycles. The van der Waals surface area contributed by atoms with Gasteiger partial charge in [0.05, 0.1) is 12.2 Å². The predicted molar refractivity (Wildman–Crippen MR) is 102 cm³/mol. The van der Waals surface area contributed by atoms with Gasteiger partial charge in [0, 0.05) is 43.3 Å². The van der Waals surface area contributed by atoms with E-state index in [-0.39, 0.29) is 11.8 Å². The van der Waals surface area contributed by atoms with Gasteiger partial charge in [0.1, 0.15) is 6.04 Å². The average molecular weight is 367 g/mol. The van der Waals surface area contributed by atoms with Crippen molar-refractivity contribution >= 4 is 11.8 Å². The van der Waals surface area contributed by atoms with E-state index in [2.05, 4.69) is 27.5 Å². The van der Waals surface area contributed by atoms with Crippen LogP contribution in [0.5, 0.6) is 0 Å². The Balaban J connectivity index is 1.69. The number of piperazine rings is 1. The molecule has 1 aliphatic rings. The lowest BCUT2D eigenvalue weighted by molar-refractivity contribution is -0.126. The summed E-state index contributed by atoms with van der Waals surface area (Å²) in [6.07, 6.45) is 5.15. The monoisotopic (exact) mass is 367 g/mol. The molecule has 0 aromatic carbocycles. The van der Waals surface area contributed by atoms with Crippen LogP contribution in [0.2, 0.25) is 0 Å². The number of hydrogen-bond donors (Lipinski definition) is 2. The molecule has 0 saturated carbocycles. The Hall–Kier alpha value is -2.80. The van der Waals surface area contributed by atoms with Gasteiger partial charge in [-0.2, -0.15) is 0 Å². The summed E-state index contributed by atoms with van der Waals surface area (Å²) in [5.41, 5.74) is 2.26. The highest BCUT2D eigenvalue weighted by atomic mass is 16.2. The maximum Gasteiger partial charge on any atom is 0.254 e. The van der Waals surface area contributed by atoms with Crippen molar-refractivity contribution in [2.45, 2.75) is 32.4 Å². The summed E-state index contributed by atoms with van der Waals surface area (Å²) >= 11 is 0. The predicted octanol–water partition coefficient (Wildman–Crippen LogP) is 1.16. The molecule has 7 nitrogen and oxygen atoms in total. The maximum absolute atomic E-state index is 13.0. The van der Waals surface area contributed by atoms with Crippen molar-refractivity contribution in [3.05, 3.63) is 59.7 Å². The van der Waals surface area contributed by atoms with Crippen LogP contribution in [-0.4, -0.2) is 52.4 Å². The fraction of sp³-hybridized carbons (Fsp3) is 0.400. The quantitative estimate of drug-likeness (QED) is 0.800. The van der Waals surface area contributed by atoms with Gasteiger partial charge in [0.2, 0.25) is 5.91 Å². The van der Waals surface area contributed by atoms with Crippen molar-refractivity contribution in [1.82, 2.24) is 25.5 Å². The Morgan fingerprint density at radius 3 is 2.85 bits per heavy atom. The summed E-state index contributed by atoms with van der Waals surface area (Å²) in [4.78, 5) is 35.9. The molecule has 7 heteroatoms. The highest BCUT2D eigenvalue weighted by Crippen LogP contribution is 2.13. The maximum atomic E-state index is 13.0. The van der Waals surface area contributed by atoms with Gasteiger partial charge in [-0.3, -0.25) is 19.6 Å². The second-order valence-electron chi connectivity index (χ2n) is 6.54. The van der Waals surface area contributed by atoms with Crippen LogP contribution in [-0.2, 0) is 17.8 Å². The molecule has 1 aliphatic heterocycles. The highest BCUT2D eigenvalue weighted by molar-refractivity contribution is 5.97. The van der Waals surface area contributed by atoms with Crippen LogP contribution in [0.15, 0.2) is 42.7 Å². The SMILES string of the molecule is CCCc1cc(C(=O)N2CCNCC2C(=O)NCc2ccccn2)ccn1. The van der Waals surface area contributed by atoms with E-state index in [9.17, 15) is 9.59 Å². The summed E-state index contributed by atoms with van der Waals surface area (Å²) in [5.74, 6) is -0.307. The van der Waals surface area contributed by atoms with Crippen molar-refractivity contribution < 1.29 is 9.59 Å². The van der Waals surface area contributed by atoms with Crippen LogP contribution in [0.25, 0.3) is 0 Å². The van der Waals surface area contributed by atoms with Crippen LogP contribution in [0, 0.1) is 0 Å². The number of amides is 2. The van der Waals surface area contributed by atoms with Gasteiger partial charge in [0.15, 0.2) is 0 Å². The Labute approximate surface area is 159 Å². The third kappa shape index (κ3) is 4.89. The third-order valence-electron chi connectivity index (χ3n) is 4.55. The van der Waals surface area contributed by atoms with Crippen LogP contribution in [0.3, 0.4) is 0 Å². The molecule has 1 unspecified atom stereocenters. The van der Waals surface area contributed by atoms with E-state index in [1.165, 1.54) is 0 Å². The first-order chi connectivity index (χ1) is 13.2. The first-order valence-corrected chi connectivity index (χ1v) is 9.33. The first-order valence-electron chi connectivity index (χ1n) is 9.33. The van der Waals surface area contributed by atoms with Gasteiger partial charge < -0.3 is 15.5 Å². The highest BCUT2D eigenvalue weighted by Gasteiger charge is 2.32. The van der Waals surface area contributed by atoms with Crippen LogP contribution < -0.4 is 10.6 Å². The van der Waals surface area contributed by atoms with Crippen LogP contribution >= 0.6 is 0 Å². The van der Waals surface area contributed by atoms with Crippen molar-refractivity contribution in [2.24, 2.45) is 0 Å². The zero-order valence-corrected chi connectivity index (χ0v) is 15.5. The molecule has 142 valence electrons. The first kappa shape index (κ1) is 19.0. The number of hydrogen-bond acceptors (Lipinski definition) is 5. The molecule has 0 bridgehead atoms. The molecule has 0 spiro atoms. The number of pyridine rings is 2. The van der Waals surface area contributed by atoms with Gasteiger partial charge in [-0.05, 0) is 30.7 Å². The van der Waals surface area contributed by atoms with Crippen LogP contribution in [0.1, 0.15) is 35.1 Å². The van der Waals surface area contributed by atoms with E-state index >= 15 is 0 Å². The molecular formula is C20H25N5O2.